The van der Waals surface area contributed by atoms with E-state index < -0.39 is 0 Å². The summed E-state index contributed by atoms with van der Waals surface area (Å²) in [5.74, 6) is 0.259. The molecule has 1 aliphatic carbocycles. The lowest BCUT2D eigenvalue weighted by Crippen LogP contribution is -2.40. The number of amides is 1. The molecule has 1 atom stereocenters. The zero-order valence-corrected chi connectivity index (χ0v) is 13.2. The van der Waals surface area contributed by atoms with Crippen LogP contribution >= 0.6 is 0 Å². The quantitative estimate of drug-likeness (QED) is 0.926. The standard InChI is InChI=1S/C18H26N2O/c1-18(2)10-9-16(14-7-3-4-8-15(14)18)19-13-17(21)20-11-5-6-12-20/h3-4,7-8,16,19H,5-6,9-13H2,1-2H3. The van der Waals surface area contributed by atoms with Gasteiger partial charge in [-0.25, -0.2) is 0 Å². The number of carbonyl (C=O) groups excluding carboxylic acids is 1. The fraction of sp³-hybridized carbons (Fsp3) is 0.611. The molecule has 2 aliphatic rings. The molecule has 1 aromatic rings. The molecule has 1 N–H and O–H groups in total. The molecule has 1 unspecified atom stereocenters. The Balaban J connectivity index is 1.68. The van der Waals surface area contributed by atoms with Crippen molar-refractivity contribution in [2.45, 2.75) is 51.0 Å². The minimum Gasteiger partial charge on any atom is -0.342 e. The van der Waals surface area contributed by atoms with E-state index in [4.69, 9.17) is 0 Å². The second kappa shape index (κ2) is 5.80. The first-order chi connectivity index (χ1) is 10.1. The van der Waals surface area contributed by atoms with Gasteiger partial charge in [0.1, 0.15) is 0 Å². The van der Waals surface area contributed by atoms with E-state index >= 15 is 0 Å². The maximum atomic E-state index is 12.2. The van der Waals surface area contributed by atoms with E-state index in [0.717, 1.165) is 32.4 Å². The van der Waals surface area contributed by atoms with E-state index in [1.807, 2.05) is 4.90 Å². The van der Waals surface area contributed by atoms with E-state index in [1.165, 1.54) is 17.5 Å². The highest BCUT2D eigenvalue weighted by atomic mass is 16.2. The zero-order valence-electron chi connectivity index (χ0n) is 13.2. The monoisotopic (exact) mass is 286 g/mol. The van der Waals surface area contributed by atoms with E-state index in [1.54, 1.807) is 0 Å². The Morgan fingerprint density at radius 2 is 2.00 bits per heavy atom. The lowest BCUT2D eigenvalue weighted by atomic mass is 9.71. The Labute approximate surface area is 127 Å². The predicted octanol–water partition coefficient (Wildman–Crippen LogP) is 3.01. The summed E-state index contributed by atoms with van der Waals surface area (Å²) in [6.07, 6.45) is 4.59. The van der Waals surface area contributed by atoms with Gasteiger partial charge in [0.2, 0.25) is 5.91 Å². The number of fused-ring (bicyclic) bond motifs is 1. The number of hydrogen-bond acceptors (Lipinski definition) is 2. The lowest BCUT2D eigenvalue weighted by Gasteiger charge is -2.37. The zero-order chi connectivity index (χ0) is 14.9. The Hall–Kier alpha value is -1.35. The van der Waals surface area contributed by atoms with Gasteiger partial charge in [-0.15, -0.1) is 0 Å². The number of hydrogen-bond donors (Lipinski definition) is 1. The molecule has 114 valence electrons. The molecule has 3 rings (SSSR count). The highest BCUT2D eigenvalue weighted by molar-refractivity contribution is 5.78. The molecule has 0 spiro atoms. The van der Waals surface area contributed by atoms with Gasteiger partial charge in [0, 0.05) is 19.1 Å². The molecule has 0 saturated carbocycles. The molecular weight excluding hydrogens is 260 g/mol. The van der Waals surface area contributed by atoms with Gasteiger partial charge in [-0.2, -0.15) is 0 Å². The predicted molar refractivity (Wildman–Crippen MR) is 85.3 cm³/mol. The molecule has 21 heavy (non-hydrogen) atoms. The summed E-state index contributed by atoms with van der Waals surface area (Å²) in [6, 6.07) is 9.01. The van der Waals surface area contributed by atoms with E-state index in [-0.39, 0.29) is 11.3 Å². The first-order valence-electron chi connectivity index (χ1n) is 8.18. The third kappa shape index (κ3) is 2.98. The third-order valence-electron chi connectivity index (χ3n) is 5.08. The van der Waals surface area contributed by atoms with Crippen molar-refractivity contribution in [3.05, 3.63) is 35.4 Å². The summed E-state index contributed by atoms with van der Waals surface area (Å²) in [5.41, 5.74) is 3.05. The van der Waals surface area contributed by atoms with Gasteiger partial charge in [0.05, 0.1) is 6.54 Å². The minimum absolute atomic E-state index is 0.244. The van der Waals surface area contributed by atoms with Crippen molar-refractivity contribution in [3.63, 3.8) is 0 Å². The topological polar surface area (TPSA) is 32.3 Å². The van der Waals surface area contributed by atoms with Crippen LogP contribution in [-0.4, -0.2) is 30.4 Å². The number of nitrogens with zero attached hydrogens (tertiary/aromatic N) is 1. The summed E-state index contributed by atoms with van der Waals surface area (Å²) in [4.78, 5) is 14.2. The lowest BCUT2D eigenvalue weighted by molar-refractivity contribution is -0.129. The second-order valence-corrected chi connectivity index (χ2v) is 7.03. The third-order valence-corrected chi connectivity index (χ3v) is 5.08. The normalized spacial score (nSPS) is 23.9. The van der Waals surface area contributed by atoms with Crippen molar-refractivity contribution < 1.29 is 4.79 Å². The fourth-order valence-electron chi connectivity index (χ4n) is 3.71. The number of benzene rings is 1. The van der Waals surface area contributed by atoms with Gasteiger partial charge in [0.25, 0.3) is 0 Å². The van der Waals surface area contributed by atoms with Crippen molar-refractivity contribution in [2.24, 2.45) is 0 Å². The molecule has 1 heterocycles. The van der Waals surface area contributed by atoms with Crippen molar-refractivity contribution in [3.8, 4) is 0 Å². The molecule has 3 nitrogen and oxygen atoms in total. The summed E-state index contributed by atoms with van der Waals surface area (Å²) >= 11 is 0. The first-order valence-corrected chi connectivity index (χ1v) is 8.18. The highest BCUT2D eigenvalue weighted by Crippen LogP contribution is 2.41. The van der Waals surface area contributed by atoms with Crippen LogP contribution in [-0.2, 0) is 10.2 Å². The number of carbonyl (C=O) groups is 1. The Bertz CT molecular complexity index is 518. The average Bonchev–Trinajstić information content (AvgIpc) is 3.01. The summed E-state index contributed by atoms with van der Waals surface area (Å²) in [7, 11) is 0. The SMILES string of the molecule is CC1(C)CCC(NCC(=O)N2CCCC2)c2ccccc21. The maximum absolute atomic E-state index is 12.2. The summed E-state index contributed by atoms with van der Waals surface area (Å²) < 4.78 is 0. The largest absolute Gasteiger partial charge is 0.342 e. The van der Waals surface area contributed by atoms with Crippen LogP contribution in [0.25, 0.3) is 0 Å². The van der Waals surface area contributed by atoms with Gasteiger partial charge in [-0.1, -0.05) is 38.1 Å². The first kappa shape index (κ1) is 14.6. The second-order valence-electron chi connectivity index (χ2n) is 7.03. The molecule has 0 aromatic heterocycles. The fourth-order valence-corrected chi connectivity index (χ4v) is 3.71. The van der Waals surface area contributed by atoms with Crippen LogP contribution in [0.5, 0.6) is 0 Å². The van der Waals surface area contributed by atoms with Crippen LogP contribution in [0.3, 0.4) is 0 Å². The molecule has 1 aromatic carbocycles. The average molecular weight is 286 g/mol. The highest BCUT2D eigenvalue weighted by Gasteiger charge is 2.32. The molecule has 0 radical (unpaired) electrons. The van der Waals surface area contributed by atoms with Crippen molar-refractivity contribution in [2.75, 3.05) is 19.6 Å². The number of likely N-dealkylation sites (tertiary alicyclic amines) is 1. The molecule has 1 amide bonds. The van der Waals surface area contributed by atoms with Crippen LogP contribution in [0.15, 0.2) is 24.3 Å². The van der Waals surface area contributed by atoms with Gasteiger partial charge >= 0.3 is 0 Å². The van der Waals surface area contributed by atoms with Crippen LogP contribution in [0, 0.1) is 0 Å². The van der Waals surface area contributed by atoms with E-state index in [9.17, 15) is 4.79 Å². The van der Waals surface area contributed by atoms with Crippen molar-refractivity contribution in [1.29, 1.82) is 0 Å². The van der Waals surface area contributed by atoms with E-state index in [0.29, 0.717) is 12.6 Å². The summed E-state index contributed by atoms with van der Waals surface area (Å²) in [5, 5.41) is 3.50. The molecular formula is C18H26N2O. The van der Waals surface area contributed by atoms with Gasteiger partial charge in [0.15, 0.2) is 0 Å². The van der Waals surface area contributed by atoms with Crippen LogP contribution in [0.1, 0.15) is 56.7 Å². The van der Waals surface area contributed by atoms with E-state index in [2.05, 4.69) is 43.4 Å². The Kier molecular flexibility index (Phi) is 4.03. The maximum Gasteiger partial charge on any atom is 0.236 e. The smallest absolute Gasteiger partial charge is 0.236 e. The number of nitrogens with one attached hydrogen (secondary N) is 1. The molecule has 3 heteroatoms. The van der Waals surface area contributed by atoms with Gasteiger partial charge < -0.3 is 10.2 Å². The Morgan fingerprint density at radius 3 is 2.76 bits per heavy atom. The number of rotatable bonds is 3. The van der Waals surface area contributed by atoms with Crippen molar-refractivity contribution >= 4 is 5.91 Å². The molecule has 1 saturated heterocycles. The molecule has 1 aliphatic heterocycles. The van der Waals surface area contributed by atoms with Crippen molar-refractivity contribution in [1.82, 2.24) is 10.2 Å². The van der Waals surface area contributed by atoms with Gasteiger partial charge in [-0.3, -0.25) is 4.79 Å². The van der Waals surface area contributed by atoms with Crippen LogP contribution in [0.4, 0.5) is 0 Å². The van der Waals surface area contributed by atoms with Gasteiger partial charge in [-0.05, 0) is 42.2 Å². The summed E-state index contributed by atoms with van der Waals surface area (Å²) in [6.45, 7) is 6.98. The van der Waals surface area contributed by atoms with Crippen LogP contribution in [0.2, 0.25) is 0 Å². The molecule has 0 bridgehead atoms. The Morgan fingerprint density at radius 1 is 1.29 bits per heavy atom. The van der Waals surface area contributed by atoms with Crippen LogP contribution < -0.4 is 5.32 Å². The minimum atomic E-state index is 0.244. The molecule has 1 fully saturated rings.